The van der Waals surface area contributed by atoms with E-state index in [0.717, 1.165) is 26.2 Å². The lowest BCUT2D eigenvalue weighted by Crippen LogP contribution is -2.52. The average molecular weight is 303 g/mol. The summed E-state index contributed by atoms with van der Waals surface area (Å²) in [4.78, 5) is 30.5. The van der Waals surface area contributed by atoms with E-state index in [0.29, 0.717) is 12.2 Å². The fourth-order valence-electron chi connectivity index (χ4n) is 3.19. The van der Waals surface area contributed by atoms with Crippen LogP contribution in [0.15, 0.2) is 30.3 Å². The normalized spacial score (nSPS) is 24.2. The topological polar surface area (TPSA) is 64.1 Å². The van der Waals surface area contributed by atoms with Crippen LogP contribution in [0.4, 0.5) is 5.69 Å². The van der Waals surface area contributed by atoms with Crippen LogP contribution < -0.4 is 4.90 Å². The molecule has 0 aliphatic carbocycles. The van der Waals surface area contributed by atoms with Crippen LogP contribution in [0.1, 0.15) is 6.42 Å². The highest BCUT2D eigenvalue weighted by Gasteiger charge is 2.43. The SMILES string of the molecule is O=C1C[C@H](N2CCN(CCO)CC2)C(=O)N1c1ccccc1. The van der Waals surface area contributed by atoms with Crippen molar-refractivity contribution in [3.63, 3.8) is 0 Å². The number of piperazine rings is 1. The highest BCUT2D eigenvalue weighted by Crippen LogP contribution is 2.25. The molecule has 0 aromatic heterocycles. The Labute approximate surface area is 129 Å². The summed E-state index contributed by atoms with van der Waals surface area (Å²) in [5.74, 6) is -0.245. The van der Waals surface area contributed by atoms with E-state index in [9.17, 15) is 9.59 Å². The Balaban J connectivity index is 1.67. The minimum absolute atomic E-state index is 0.119. The number of hydrogen-bond donors (Lipinski definition) is 1. The molecular formula is C16H21N3O3. The largest absolute Gasteiger partial charge is 0.395 e. The van der Waals surface area contributed by atoms with Crippen molar-refractivity contribution in [3.8, 4) is 0 Å². The summed E-state index contributed by atoms with van der Waals surface area (Å²) in [6, 6.07) is 8.76. The highest BCUT2D eigenvalue weighted by molar-refractivity contribution is 6.22. The summed E-state index contributed by atoms with van der Waals surface area (Å²) < 4.78 is 0. The second-order valence-electron chi connectivity index (χ2n) is 5.72. The first kappa shape index (κ1) is 15.1. The van der Waals surface area contributed by atoms with Gasteiger partial charge in [0.1, 0.15) is 0 Å². The summed E-state index contributed by atoms with van der Waals surface area (Å²) in [6.45, 7) is 3.98. The van der Waals surface area contributed by atoms with Crippen molar-refractivity contribution in [2.75, 3.05) is 44.2 Å². The van der Waals surface area contributed by atoms with Crippen molar-refractivity contribution in [2.24, 2.45) is 0 Å². The number of β-amino-alcohol motifs (C(OH)–C–C–N with tert-alkyl or cyclic N) is 1. The molecule has 2 aliphatic heterocycles. The third-order valence-electron chi connectivity index (χ3n) is 4.40. The maximum absolute atomic E-state index is 12.6. The van der Waals surface area contributed by atoms with Gasteiger partial charge in [-0.3, -0.25) is 19.4 Å². The minimum atomic E-state index is -0.344. The Morgan fingerprint density at radius 3 is 2.36 bits per heavy atom. The van der Waals surface area contributed by atoms with Gasteiger partial charge in [-0.2, -0.15) is 0 Å². The number of hydrogen-bond acceptors (Lipinski definition) is 5. The maximum atomic E-state index is 12.6. The third-order valence-corrected chi connectivity index (χ3v) is 4.40. The van der Waals surface area contributed by atoms with Gasteiger partial charge in [0.2, 0.25) is 5.91 Å². The first-order chi connectivity index (χ1) is 10.7. The lowest BCUT2D eigenvalue weighted by molar-refractivity contribution is -0.123. The molecule has 1 atom stereocenters. The quantitative estimate of drug-likeness (QED) is 0.789. The molecule has 2 heterocycles. The van der Waals surface area contributed by atoms with Crippen molar-refractivity contribution in [3.05, 3.63) is 30.3 Å². The van der Waals surface area contributed by atoms with Crippen LogP contribution >= 0.6 is 0 Å². The fraction of sp³-hybridized carbons (Fsp3) is 0.500. The van der Waals surface area contributed by atoms with Gasteiger partial charge in [-0.25, -0.2) is 4.90 Å². The molecule has 0 spiro atoms. The second kappa shape index (κ2) is 6.56. The molecule has 0 saturated carbocycles. The number of imide groups is 1. The fourth-order valence-corrected chi connectivity index (χ4v) is 3.19. The average Bonchev–Trinajstić information content (AvgIpc) is 2.84. The van der Waals surface area contributed by atoms with Gasteiger partial charge in [-0.1, -0.05) is 18.2 Å². The molecule has 2 aliphatic rings. The van der Waals surface area contributed by atoms with Crippen LogP contribution in [0.2, 0.25) is 0 Å². The van der Waals surface area contributed by atoms with Crippen molar-refractivity contribution < 1.29 is 14.7 Å². The number of amides is 2. The monoisotopic (exact) mass is 303 g/mol. The van der Waals surface area contributed by atoms with Gasteiger partial charge in [0.15, 0.2) is 0 Å². The van der Waals surface area contributed by atoms with Gasteiger partial charge < -0.3 is 5.11 Å². The van der Waals surface area contributed by atoms with E-state index in [-0.39, 0.29) is 30.9 Å². The zero-order chi connectivity index (χ0) is 15.5. The lowest BCUT2D eigenvalue weighted by Gasteiger charge is -2.36. The minimum Gasteiger partial charge on any atom is -0.395 e. The summed E-state index contributed by atoms with van der Waals surface area (Å²) >= 11 is 0. The van der Waals surface area contributed by atoms with Crippen molar-refractivity contribution in [1.29, 1.82) is 0 Å². The van der Waals surface area contributed by atoms with E-state index in [4.69, 9.17) is 5.11 Å². The molecule has 1 aromatic rings. The Morgan fingerprint density at radius 1 is 1.05 bits per heavy atom. The molecule has 0 bridgehead atoms. The van der Waals surface area contributed by atoms with Gasteiger partial charge in [-0.05, 0) is 12.1 Å². The maximum Gasteiger partial charge on any atom is 0.251 e. The number of anilines is 1. The first-order valence-corrected chi connectivity index (χ1v) is 7.70. The molecule has 118 valence electrons. The summed E-state index contributed by atoms with van der Waals surface area (Å²) in [7, 11) is 0. The Kier molecular flexibility index (Phi) is 4.52. The lowest BCUT2D eigenvalue weighted by atomic mass is 10.1. The third kappa shape index (κ3) is 2.90. The van der Waals surface area contributed by atoms with E-state index < -0.39 is 0 Å². The van der Waals surface area contributed by atoms with Crippen molar-refractivity contribution >= 4 is 17.5 Å². The highest BCUT2D eigenvalue weighted by atomic mass is 16.3. The molecule has 1 N–H and O–H groups in total. The number of nitrogens with zero attached hydrogens (tertiary/aromatic N) is 3. The van der Waals surface area contributed by atoms with E-state index >= 15 is 0 Å². The zero-order valence-corrected chi connectivity index (χ0v) is 12.5. The van der Waals surface area contributed by atoms with Gasteiger partial charge in [0.05, 0.1) is 24.8 Å². The van der Waals surface area contributed by atoms with Crippen LogP contribution in [0, 0.1) is 0 Å². The molecule has 2 saturated heterocycles. The first-order valence-electron chi connectivity index (χ1n) is 7.70. The number of carbonyl (C=O) groups is 2. The Bertz CT molecular complexity index is 541. The summed E-state index contributed by atoms with van der Waals surface area (Å²) in [6.07, 6.45) is 0.258. The Hall–Kier alpha value is -1.76. The standard InChI is InChI=1S/C16H21N3O3/c20-11-10-17-6-8-18(9-7-17)14-12-15(21)19(16(14)22)13-4-2-1-3-5-13/h1-5,14,20H,6-12H2/t14-/m0/s1. The molecule has 6 heteroatoms. The van der Waals surface area contributed by atoms with Crippen molar-refractivity contribution in [1.82, 2.24) is 9.80 Å². The Morgan fingerprint density at radius 2 is 1.73 bits per heavy atom. The van der Waals surface area contributed by atoms with E-state index in [2.05, 4.69) is 9.80 Å². The number of para-hydroxylation sites is 1. The molecule has 2 fully saturated rings. The summed E-state index contributed by atoms with van der Waals surface area (Å²) in [5.41, 5.74) is 0.652. The number of aliphatic hydroxyl groups excluding tert-OH is 1. The number of rotatable bonds is 4. The zero-order valence-electron chi connectivity index (χ0n) is 12.5. The van der Waals surface area contributed by atoms with Gasteiger partial charge >= 0.3 is 0 Å². The smallest absolute Gasteiger partial charge is 0.251 e. The van der Waals surface area contributed by atoms with Crippen molar-refractivity contribution in [2.45, 2.75) is 12.5 Å². The predicted octanol–water partition coefficient (Wildman–Crippen LogP) is -0.0716. The number of aliphatic hydroxyl groups is 1. The van der Waals surface area contributed by atoms with Crippen LogP contribution in [-0.4, -0.2) is 72.1 Å². The van der Waals surface area contributed by atoms with E-state index in [1.54, 1.807) is 12.1 Å². The van der Waals surface area contributed by atoms with E-state index in [1.165, 1.54) is 4.90 Å². The molecular weight excluding hydrogens is 282 g/mol. The second-order valence-corrected chi connectivity index (χ2v) is 5.72. The molecule has 1 aromatic carbocycles. The summed E-state index contributed by atoms with van der Waals surface area (Å²) in [5, 5.41) is 8.97. The molecule has 22 heavy (non-hydrogen) atoms. The number of benzene rings is 1. The van der Waals surface area contributed by atoms with Gasteiger partial charge in [0, 0.05) is 32.7 Å². The molecule has 2 amide bonds. The van der Waals surface area contributed by atoms with Crippen LogP contribution in [0.25, 0.3) is 0 Å². The van der Waals surface area contributed by atoms with Crippen LogP contribution in [0.5, 0.6) is 0 Å². The van der Waals surface area contributed by atoms with Crippen LogP contribution in [-0.2, 0) is 9.59 Å². The molecule has 6 nitrogen and oxygen atoms in total. The molecule has 0 unspecified atom stereocenters. The predicted molar refractivity (Wildman–Crippen MR) is 82.4 cm³/mol. The van der Waals surface area contributed by atoms with Crippen LogP contribution in [0.3, 0.4) is 0 Å². The van der Waals surface area contributed by atoms with Gasteiger partial charge in [0.25, 0.3) is 5.91 Å². The van der Waals surface area contributed by atoms with Gasteiger partial charge in [-0.15, -0.1) is 0 Å². The molecule has 0 radical (unpaired) electrons. The molecule has 3 rings (SSSR count). The van der Waals surface area contributed by atoms with E-state index in [1.807, 2.05) is 18.2 Å². The number of carbonyl (C=O) groups excluding carboxylic acids is 2.